The summed E-state index contributed by atoms with van der Waals surface area (Å²) in [7, 11) is 0. The first-order valence-electron chi connectivity index (χ1n) is 8.68. The predicted molar refractivity (Wildman–Crippen MR) is 107 cm³/mol. The van der Waals surface area contributed by atoms with Crippen molar-refractivity contribution in [1.29, 1.82) is 0 Å². The number of aryl methyl sites for hydroxylation is 1. The van der Waals surface area contributed by atoms with E-state index < -0.39 is 5.63 Å². The Balaban J connectivity index is 1.55. The molecule has 2 heterocycles. The molecule has 0 bridgehead atoms. The van der Waals surface area contributed by atoms with Gasteiger partial charge in [0.25, 0.3) is 0 Å². The van der Waals surface area contributed by atoms with Crippen LogP contribution in [0.2, 0.25) is 0 Å². The second-order valence-corrected chi connectivity index (χ2v) is 7.20. The Morgan fingerprint density at radius 3 is 2.75 bits per heavy atom. The lowest BCUT2D eigenvalue weighted by Crippen LogP contribution is -2.18. The minimum atomic E-state index is -0.489. The molecule has 2 N–H and O–H groups in total. The monoisotopic (exact) mass is 395 g/mol. The van der Waals surface area contributed by atoms with Gasteiger partial charge in [-0.25, -0.2) is 14.7 Å². The van der Waals surface area contributed by atoms with Gasteiger partial charge in [0, 0.05) is 29.8 Å². The summed E-state index contributed by atoms with van der Waals surface area (Å²) in [5, 5.41) is 17.5. The van der Waals surface area contributed by atoms with Crippen LogP contribution < -0.4 is 11.3 Å². The number of hydrogen-bond acceptors (Lipinski definition) is 6. The molecule has 8 heteroatoms. The molecule has 0 saturated carbocycles. The molecule has 0 radical (unpaired) electrons. The smallest absolute Gasteiger partial charge is 0.343 e. The van der Waals surface area contributed by atoms with Gasteiger partial charge in [-0.1, -0.05) is 42.1 Å². The molecule has 4 rings (SSSR count). The zero-order valence-corrected chi connectivity index (χ0v) is 15.6. The van der Waals surface area contributed by atoms with Crippen molar-refractivity contribution in [1.82, 2.24) is 14.8 Å². The lowest BCUT2D eigenvalue weighted by Gasteiger charge is -2.07. The summed E-state index contributed by atoms with van der Waals surface area (Å²) in [6.07, 6.45) is 0.713. The Hall–Kier alpha value is -3.26. The van der Waals surface area contributed by atoms with Gasteiger partial charge >= 0.3 is 11.3 Å². The average Bonchev–Trinajstić information content (AvgIpc) is 3.04. The SMILES string of the molecule is O=c1cc(CSc2n[nH]c(=O)n2CCc2ccccc2)c2ccc(O)cc2o1. The molecule has 0 spiro atoms. The Morgan fingerprint density at radius 2 is 1.93 bits per heavy atom. The highest BCUT2D eigenvalue weighted by Gasteiger charge is 2.12. The van der Waals surface area contributed by atoms with Gasteiger partial charge in [-0.15, -0.1) is 5.10 Å². The minimum Gasteiger partial charge on any atom is -0.508 e. The van der Waals surface area contributed by atoms with E-state index >= 15 is 0 Å². The summed E-state index contributed by atoms with van der Waals surface area (Å²) in [5.41, 5.74) is 1.46. The van der Waals surface area contributed by atoms with Crippen molar-refractivity contribution in [3.8, 4) is 5.75 Å². The van der Waals surface area contributed by atoms with Crippen LogP contribution in [-0.4, -0.2) is 19.9 Å². The number of nitrogens with zero attached hydrogens (tertiary/aromatic N) is 2. The zero-order chi connectivity index (χ0) is 19.5. The van der Waals surface area contributed by atoms with Gasteiger partial charge in [0.05, 0.1) is 0 Å². The first-order chi connectivity index (χ1) is 13.6. The molecule has 0 aliphatic carbocycles. The number of benzene rings is 2. The van der Waals surface area contributed by atoms with Crippen LogP contribution in [0, 0.1) is 0 Å². The highest BCUT2D eigenvalue weighted by Crippen LogP contribution is 2.27. The number of phenolic OH excluding ortho intramolecular Hbond substituents is 1. The van der Waals surface area contributed by atoms with Crippen molar-refractivity contribution in [2.24, 2.45) is 0 Å². The van der Waals surface area contributed by atoms with Crippen molar-refractivity contribution in [2.45, 2.75) is 23.9 Å². The number of aromatic amines is 1. The van der Waals surface area contributed by atoms with E-state index in [1.165, 1.54) is 23.9 Å². The van der Waals surface area contributed by atoms with Gasteiger partial charge in [-0.3, -0.25) is 4.57 Å². The lowest BCUT2D eigenvalue weighted by atomic mass is 10.1. The number of hydrogen-bond donors (Lipinski definition) is 2. The molecule has 7 nitrogen and oxygen atoms in total. The van der Waals surface area contributed by atoms with Gasteiger partial charge in [0.1, 0.15) is 11.3 Å². The highest BCUT2D eigenvalue weighted by molar-refractivity contribution is 7.98. The van der Waals surface area contributed by atoms with Gasteiger partial charge in [-0.05, 0) is 29.7 Å². The standard InChI is InChI=1S/C20H17N3O4S/c24-15-6-7-16-14(10-18(25)27-17(16)11-15)12-28-20-22-21-19(26)23(20)9-8-13-4-2-1-3-5-13/h1-7,10-11,24H,8-9,12H2,(H,21,26). The predicted octanol–water partition coefficient (Wildman–Crippen LogP) is 2.92. The summed E-state index contributed by atoms with van der Waals surface area (Å²) in [4.78, 5) is 23.9. The molecular weight excluding hydrogens is 378 g/mol. The Labute approximate surface area is 163 Å². The van der Waals surface area contributed by atoms with Crippen molar-refractivity contribution < 1.29 is 9.52 Å². The molecule has 0 saturated heterocycles. The third kappa shape index (κ3) is 3.86. The van der Waals surface area contributed by atoms with E-state index in [9.17, 15) is 14.7 Å². The van der Waals surface area contributed by atoms with Gasteiger partial charge in [-0.2, -0.15) is 0 Å². The number of nitrogens with one attached hydrogen (secondary N) is 1. The summed E-state index contributed by atoms with van der Waals surface area (Å²) < 4.78 is 6.74. The fourth-order valence-corrected chi connectivity index (χ4v) is 3.94. The number of thioether (sulfide) groups is 1. The molecule has 2 aromatic heterocycles. The van der Waals surface area contributed by atoms with Crippen molar-refractivity contribution in [2.75, 3.05) is 0 Å². The summed E-state index contributed by atoms with van der Waals surface area (Å²) in [6, 6.07) is 16.0. The second-order valence-electron chi connectivity index (χ2n) is 6.26. The quantitative estimate of drug-likeness (QED) is 0.385. The molecule has 0 amide bonds. The third-order valence-electron chi connectivity index (χ3n) is 4.36. The lowest BCUT2D eigenvalue weighted by molar-refractivity contribution is 0.473. The molecule has 0 aliphatic heterocycles. The minimum absolute atomic E-state index is 0.0301. The van der Waals surface area contributed by atoms with E-state index in [1.54, 1.807) is 16.7 Å². The second kappa shape index (κ2) is 7.77. The topological polar surface area (TPSA) is 101 Å². The van der Waals surface area contributed by atoms with Crippen molar-refractivity contribution in [3.05, 3.63) is 86.6 Å². The first kappa shape index (κ1) is 18.1. The molecule has 2 aromatic carbocycles. The highest BCUT2D eigenvalue weighted by atomic mass is 32.2. The van der Waals surface area contributed by atoms with Gasteiger partial charge in [0.15, 0.2) is 5.16 Å². The fraction of sp³-hybridized carbons (Fsp3) is 0.150. The number of aromatic hydroxyl groups is 1. The van der Waals surface area contributed by atoms with Crippen molar-refractivity contribution in [3.63, 3.8) is 0 Å². The Kier molecular flexibility index (Phi) is 5.03. The van der Waals surface area contributed by atoms with Gasteiger partial charge < -0.3 is 9.52 Å². The van der Waals surface area contributed by atoms with Crippen LogP contribution in [0.4, 0.5) is 0 Å². The van der Waals surface area contributed by atoms with Crippen LogP contribution in [0.25, 0.3) is 11.0 Å². The molecule has 0 fully saturated rings. The number of rotatable bonds is 6. The van der Waals surface area contributed by atoms with Crippen LogP contribution in [0.5, 0.6) is 5.75 Å². The van der Waals surface area contributed by atoms with E-state index in [1.807, 2.05) is 30.3 Å². The molecule has 4 aromatic rings. The summed E-state index contributed by atoms with van der Waals surface area (Å²) in [5.74, 6) is 0.463. The molecule has 28 heavy (non-hydrogen) atoms. The van der Waals surface area contributed by atoms with E-state index in [-0.39, 0.29) is 11.4 Å². The number of phenols is 1. The fourth-order valence-electron chi connectivity index (χ4n) is 2.98. The average molecular weight is 395 g/mol. The van der Waals surface area contributed by atoms with Crippen LogP contribution in [-0.2, 0) is 18.7 Å². The third-order valence-corrected chi connectivity index (χ3v) is 5.39. The Bertz CT molecular complexity index is 1230. The number of fused-ring (bicyclic) bond motifs is 1. The molecule has 0 aliphatic rings. The summed E-state index contributed by atoms with van der Waals surface area (Å²) in [6.45, 7) is 0.507. The maximum absolute atomic E-state index is 12.1. The normalized spacial score (nSPS) is 11.1. The maximum Gasteiger partial charge on any atom is 0.343 e. The van der Waals surface area contributed by atoms with E-state index in [4.69, 9.17) is 4.42 Å². The van der Waals surface area contributed by atoms with Crippen LogP contribution in [0.3, 0.4) is 0 Å². The van der Waals surface area contributed by atoms with Crippen LogP contribution in [0.1, 0.15) is 11.1 Å². The number of H-pyrrole nitrogens is 1. The first-order valence-corrected chi connectivity index (χ1v) is 9.66. The summed E-state index contributed by atoms with van der Waals surface area (Å²) >= 11 is 1.36. The van der Waals surface area contributed by atoms with Crippen molar-refractivity contribution >= 4 is 22.7 Å². The van der Waals surface area contributed by atoms with Crippen LogP contribution in [0.15, 0.2) is 73.8 Å². The molecule has 0 atom stereocenters. The molecule has 142 valence electrons. The van der Waals surface area contributed by atoms with Crippen LogP contribution >= 0.6 is 11.8 Å². The van der Waals surface area contributed by atoms with E-state index in [0.29, 0.717) is 29.5 Å². The Morgan fingerprint density at radius 1 is 1.11 bits per heavy atom. The van der Waals surface area contributed by atoms with E-state index in [2.05, 4.69) is 10.2 Å². The van der Waals surface area contributed by atoms with Gasteiger partial charge in [0.2, 0.25) is 0 Å². The molecular formula is C20H17N3O4S. The zero-order valence-electron chi connectivity index (χ0n) is 14.8. The van der Waals surface area contributed by atoms with E-state index in [0.717, 1.165) is 16.5 Å². The molecule has 0 unspecified atom stereocenters. The maximum atomic E-state index is 12.1. The largest absolute Gasteiger partial charge is 0.508 e. The number of aromatic nitrogens is 3.